The fourth-order valence-electron chi connectivity index (χ4n) is 4.53. The van der Waals surface area contributed by atoms with E-state index in [-0.39, 0.29) is 24.8 Å². The third-order valence-electron chi connectivity index (χ3n) is 6.20. The highest BCUT2D eigenvalue weighted by atomic mass is 79.9. The van der Waals surface area contributed by atoms with Crippen LogP contribution in [-0.4, -0.2) is 70.5 Å². The predicted octanol–water partition coefficient (Wildman–Crippen LogP) is 2.63. The zero-order valence-corrected chi connectivity index (χ0v) is 20.1. The summed E-state index contributed by atoms with van der Waals surface area (Å²) in [4.78, 5) is 45.2. The maximum atomic E-state index is 12.8. The van der Waals surface area contributed by atoms with Gasteiger partial charge in [-0.2, -0.15) is 0 Å². The monoisotopic (exact) mass is 532 g/mol. The van der Waals surface area contributed by atoms with Crippen LogP contribution < -0.4 is 10.2 Å². The number of nitrogens with one attached hydrogen (secondary N) is 1. The molecule has 0 bridgehead atoms. The number of pyridine rings is 1. The molecule has 2 aromatic rings. The Balaban J connectivity index is 1.23. The number of urea groups is 1. The Hall–Kier alpha value is -2.69. The van der Waals surface area contributed by atoms with Gasteiger partial charge in [0.25, 0.3) is 5.91 Å². The van der Waals surface area contributed by atoms with Crippen molar-refractivity contribution in [1.82, 2.24) is 25.2 Å². The number of carbonyl (C=O) groups is 3. The van der Waals surface area contributed by atoms with Gasteiger partial charge in [0.15, 0.2) is 0 Å². The molecule has 0 spiro atoms. The molecule has 4 amide bonds. The Kier molecular flexibility index (Phi) is 5.98. The number of imide groups is 1. The molecular weight excluding hydrogens is 512 g/mol. The van der Waals surface area contributed by atoms with Gasteiger partial charge in [-0.25, -0.2) is 14.8 Å². The van der Waals surface area contributed by atoms with Crippen molar-refractivity contribution in [3.8, 4) is 0 Å². The number of benzene rings is 1. The van der Waals surface area contributed by atoms with E-state index in [2.05, 4.69) is 36.0 Å². The van der Waals surface area contributed by atoms with Crippen molar-refractivity contribution in [1.29, 1.82) is 0 Å². The number of carbonyl (C=O) groups excluding carboxylic acids is 3. The minimum absolute atomic E-state index is 0.185. The lowest BCUT2D eigenvalue weighted by Gasteiger charge is -2.36. The molecule has 1 aromatic heterocycles. The highest BCUT2D eigenvalue weighted by Gasteiger charge is 2.37. The third kappa shape index (κ3) is 4.30. The molecule has 33 heavy (non-hydrogen) atoms. The number of halogens is 2. The standard InChI is InChI=1S/C22H22BrClN6O3/c23-17-10-25-11-18(24)20(17)28-7-5-27(6-8-28)12-14-1-2-16-15(9-14)13-30(21(16)32)29-4-3-19(31)26-22(29)33/h1-2,9-11H,3-8,12-13H2,(H,26,31,33). The summed E-state index contributed by atoms with van der Waals surface area (Å²) in [5.74, 6) is -0.532. The smallest absolute Gasteiger partial charge is 0.342 e. The lowest BCUT2D eigenvalue weighted by molar-refractivity contribution is -0.123. The minimum atomic E-state index is -0.550. The maximum Gasteiger partial charge on any atom is 0.342 e. The van der Waals surface area contributed by atoms with Crippen LogP contribution in [0.2, 0.25) is 5.02 Å². The number of hydrazine groups is 1. The second kappa shape index (κ2) is 8.92. The molecule has 0 unspecified atom stereocenters. The highest BCUT2D eigenvalue weighted by Crippen LogP contribution is 2.33. The lowest BCUT2D eigenvalue weighted by atomic mass is 10.1. The van der Waals surface area contributed by atoms with Crippen molar-refractivity contribution in [2.45, 2.75) is 19.5 Å². The Morgan fingerprint density at radius 2 is 1.82 bits per heavy atom. The summed E-state index contributed by atoms with van der Waals surface area (Å²) in [6.07, 6.45) is 3.60. The average molecular weight is 534 g/mol. The molecule has 2 saturated heterocycles. The largest absolute Gasteiger partial charge is 0.367 e. The van der Waals surface area contributed by atoms with Crippen LogP contribution in [0.1, 0.15) is 27.9 Å². The second-order valence-electron chi connectivity index (χ2n) is 8.30. The van der Waals surface area contributed by atoms with E-state index in [0.29, 0.717) is 17.1 Å². The van der Waals surface area contributed by atoms with Crippen LogP contribution in [0, 0.1) is 0 Å². The summed E-state index contributed by atoms with van der Waals surface area (Å²) in [5.41, 5.74) is 3.60. The van der Waals surface area contributed by atoms with E-state index in [4.69, 9.17) is 11.6 Å². The summed E-state index contributed by atoms with van der Waals surface area (Å²) in [6, 6.07) is 5.31. The van der Waals surface area contributed by atoms with Crippen molar-refractivity contribution in [2.24, 2.45) is 0 Å². The number of amides is 4. The lowest BCUT2D eigenvalue weighted by Crippen LogP contribution is -2.56. The first-order valence-corrected chi connectivity index (χ1v) is 11.9. The predicted molar refractivity (Wildman–Crippen MR) is 126 cm³/mol. The molecular formula is C22H22BrClN6O3. The number of aromatic nitrogens is 1. The fraction of sp³-hybridized carbons (Fsp3) is 0.364. The van der Waals surface area contributed by atoms with E-state index in [9.17, 15) is 14.4 Å². The van der Waals surface area contributed by atoms with Crippen LogP contribution in [0.4, 0.5) is 10.5 Å². The Bertz CT molecular complexity index is 1120. The van der Waals surface area contributed by atoms with Crippen LogP contribution in [0.25, 0.3) is 0 Å². The molecule has 9 nitrogen and oxygen atoms in total. The summed E-state index contributed by atoms with van der Waals surface area (Å²) < 4.78 is 0.892. The first-order valence-electron chi connectivity index (χ1n) is 10.7. The van der Waals surface area contributed by atoms with Gasteiger partial charge in [0.05, 0.1) is 28.3 Å². The van der Waals surface area contributed by atoms with Crippen LogP contribution in [-0.2, 0) is 17.9 Å². The molecule has 0 radical (unpaired) electrons. The SMILES string of the molecule is O=C1CCN(N2Cc3cc(CN4CCN(c5c(Cl)cncc5Br)CC4)ccc3C2=O)C(=O)N1. The van der Waals surface area contributed by atoms with Crippen LogP contribution in [0.15, 0.2) is 35.1 Å². The number of fused-ring (bicyclic) bond motifs is 1. The van der Waals surface area contributed by atoms with E-state index >= 15 is 0 Å². The van der Waals surface area contributed by atoms with Gasteiger partial charge in [-0.3, -0.25) is 24.8 Å². The minimum Gasteiger partial charge on any atom is -0.367 e. The van der Waals surface area contributed by atoms with Crippen LogP contribution in [0.3, 0.4) is 0 Å². The summed E-state index contributed by atoms with van der Waals surface area (Å²) >= 11 is 9.90. The van der Waals surface area contributed by atoms with Gasteiger partial charge >= 0.3 is 6.03 Å². The first-order chi connectivity index (χ1) is 15.9. The molecule has 5 rings (SSSR count). The number of anilines is 1. The Labute approximate surface area is 204 Å². The Morgan fingerprint density at radius 3 is 2.55 bits per heavy atom. The quantitative estimate of drug-likeness (QED) is 0.650. The molecule has 2 fully saturated rings. The van der Waals surface area contributed by atoms with E-state index in [1.54, 1.807) is 12.4 Å². The van der Waals surface area contributed by atoms with E-state index in [0.717, 1.165) is 54.0 Å². The van der Waals surface area contributed by atoms with E-state index < -0.39 is 6.03 Å². The van der Waals surface area contributed by atoms with Gasteiger partial charge in [0, 0.05) is 57.1 Å². The summed E-state index contributed by atoms with van der Waals surface area (Å²) in [6.45, 7) is 4.78. The molecule has 0 aliphatic carbocycles. The summed E-state index contributed by atoms with van der Waals surface area (Å²) in [7, 11) is 0. The van der Waals surface area contributed by atoms with Gasteiger partial charge in [0.1, 0.15) is 0 Å². The van der Waals surface area contributed by atoms with Crippen molar-refractivity contribution in [2.75, 3.05) is 37.6 Å². The van der Waals surface area contributed by atoms with Gasteiger partial charge in [-0.05, 0) is 33.1 Å². The van der Waals surface area contributed by atoms with Crippen molar-refractivity contribution in [3.05, 3.63) is 56.8 Å². The highest BCUT2D eigenvalue weighted by molar-refractivity contribution is 9.10. The zero-order chi connectivity index (χ0) is 23.1. The van der Waals surface area contributed by atoms with Gasteiger partial charge in [0.2, 0.25) is 5.91 Å². The third-order valence-corrected chi connectivity index (χ3v) is 7.06. The normalized spacial score (nSPS) is 19.2. The van der Waals surface area contributed by atoms with Gasteiger partial charge in [-0.1, -0.05) is 23.7 Å². The van der Waals surface area contributed by atoms with Crippen molar-refractivity contribution >= 4 is 51.1 Å². The molecule has 3 aliphatic rings. The molecule has 1 aromatic carbocycles. The number of piperazine rings is 1. The van der Waals surface area contributed by atoms with Gasteiger partial charge < -0.3 is 4.90 Å². The second-order valence-corrected chi connectivity index (χ2v) is 9.56. The van der Waals surface area contributed by atoms with Crippen LogP contribution in [0.5, 0.6) is 0 Å². The molecule has 3 aliphatic heterocycles. The average Bonchev–Trinajstić information content (AvgIpc) is 3.10. The Morgan fingerprint density at radius 1 is 1.03 bits per heavy atom. The summed E-state index contributed by atoms with van der Waals surface area (Å²) in [5, 5.41) is 5.65. The molecule has 0 atom stereocenters. The van der Waals surface area contributed by atoms with Crippen molar-refractivity contribution in [3.63, 3.8) is 0 Å². The maximum absolute atomic E-state index is 12.8. The number of nitrogens with zero attached hydrogens (tertiary/aromatic N) is 5. The van der Waals surface area contributed by atoms with Crippen LogP contribution >= 0.6 is 27.5 Å². The molecule has 172 valence electrons. The van der Waals surface area contributed by atoms with E-state index in [1.807, 2.05) is 18.2 Å². The van der Waals surface area contributed by atoms with Gasteiger partial charge in [-0.15, -0.1) is 0 Å². The topological polar surface area (TPSA) is 89.1 Å². The number of hydrogen-bond donors (Lipinski definition) is 1. The van der Waals surface area contributed by atoms with E-state index in [1.165, 1.54) is 10.0 Å². The molecule has 1 N–H and O–H groups in total. The number of rotatable bonds is 4. The first kappa shape index (κ1) is 22.1. The fourth-order valence-corrected chi connectivity index (χ4v) is 5.51. The van der Waals surface area contributed by atoms with Crippen molar-refractivity contribution < 1.29 is 14.4 Å². The molecule has 0 saturated carbocycles. The zero-order valence-electron chi connectivity index (χ0n) is 17.8. The number of hydrogen-bond acceptors (Lipinski definition) is 6. The molecule has 11 heteroatoms. The molecule has 4 heterocycles.